The van der Waals surface area contributed by atoms with Crippen molar-refractivity contribution in [3.63, 3.8) is 0 Å². The minimum absolute atomic E-state index is 0.205. The fourth-order valence-electron chi connectivity index (χ4n) is 3.07. The summed E-state index contributed by atoms with van der Waals surface area (Å²) in [4.78, 5) is 50.6. The molecule has 3 aromatic rings. The van der Waals surface area contributed by atoms with Crippen LogP contribution in [-0.4, -0.2) is 34.5 Å². The number of ether oxygens (including phenoxy) is 1. The van der Waals surface area contributed by atoms with E-state index in [1.807, 2.05) is 12.1 Å². The zero-order chi connectivity index (χ0) is 24.1. The molecule has 1 heterocycles. The monoisotopic (exact) mass is 536 g/mol. The van der Waals surface area contributed by atoms with E-state index in [1.165, 1.54) is 0 Å². The average Bonchev–Trinajstić information content (AvgIpc) is 3.08. The Hall–Kier alpha value is -3.69. The average molecular weight is 537 g/mol. The summed E-state index contributed by atoms with van der Waals surface area (Å²) < 4.78 is 6.14. The van der Waals surface area contributed by atoms with Gasteiger partial charge in [-0.05, 0) is 65.9 Å². The van der Waals surface area contributed by atoms with Gasteiger partial charge in [0.1, 0.15) is 12.3 Å². The van der Waals surface area contributed by atoms with Crippen molar-refractivity contribution in [2.45, 2.75) is 0 Å². The van der Waals surface area contributed by atoms with Gasteiger partial charge >= 0.3 is 5.97 Å². The van der Waals surface area contributed by atoms with Crippen molar-refractivity contribution in [3.8, 4) is 5.75 Å². The normalized spacial score (nSPS) is 14.4. The Kier molecular flexibility index (Phi) is 7.24. The molecule has 3 aromatic carbocycles. The molecule has 0 radical (unpaired) electrons. The molecule has 34 heavy (non-hydrogen) atoms. The molecule has 4 rings (SSSR count). The lowest BCUT2D eigenvalue weighted by Gasteiger charge is -2.12. The van der Waals surface area contributed by atoms with Gasteiger partial charge in [-0.1, -0.05) is 52.3 Å². The van der Waals surface area contributed by atoms with Crippen molar-refractivity contribution in [1.82, 2.24) is 4.90 Å². The van der Waals surface area contributed by atoms with Gasteiger partial charge in [-0.15, -0.1) is 0 Å². The zero-order valence-corrected chi connectivity index (χ0v) is 20.0. The molecular formula is C25H17BrN2O5S. The molecule has 0 aromatic heterocycles. The number of amides is 3. The number of imide groups is 1. The molecule has 3 amide bonds. The number of esters is 1. The highest BCUT2D eigenvalue weighted by Crippen LogP contribution is 2.32. The van der Waals surface area contributed by atoms with Crippen LogP contribution in [0.5, 0.6) is 5.75 Å². The Balaban J connectivity index is 1.39. The highest BCUT2D eigenvalue weighted by Gasteiger charge is 2.36. The lowest BCUT2D eigenvalue weighted by atomic mass is 10.2. The van der Waals surface area contributed by atoms with E-state index in [9.17, 15) is 19.2 Å². The predicted molar refractivity (Wildman–Crippen MR) is 133 cm³/mol. The third-order valence-corrected chi connectivity index (χ3v) is 6.08. The second kappa shape index (κ2) is 10.5. The van der Waals surface area contributed by atoms with Crippen LogP contribution in [0.1, 0.15) is 15.9 Å². The van der Waals surface area contributed by atoms with E-state index in [0.29, 0.717) is 22.6 Å². The van der Waals surface area contributed by atoms with E-state index in [4.69, 9.17) is 4.74 Å². The molecule has 0 saturated carbocycles. The van der Waals surface area contributed by atoms with Crippen LogP contribution in [0.15, 0.2) is 88.2 Å². The fraction of sp³-hybridized carbons (Fsp3) is 0.0400. The van der Waals surface area contributed by atoms with Crippen molar-refractivity contribution >= 4 is 62.5 Å². The number of halogens is 1. The number of para-hydroxylation sites is 1. The van der Waals surface area contributed by atoms with Crippen molar-refractivity contribution in [1.29, 1.82) is 0 Å². The lowest BCUT2D eigenvalue weighted by molar-refractivity contribution is -0.127. The van der Waals surface area contributed by atoms with E-state index in [-0.39, 0.29) is 11.4 Å². The van der Waals surface area contributed by atoms with Gasteiger partial charge in [-0.2, -0.15) is 0 Å². The van der Waals surface area contributed by atoms with Crippen LogP contribution in [0, 0.1) is 0 Å². The van der Waals surface area contributed by atoms with Gasteiger partial charge in [-0.25, -0.2) is 4.79 Å². The fourth-order valence-corrected chi connectivity index (χ4v) is 4.30. The standard InChI is InChI=1S/C25H17BrN2O5S/c26-18-6-4-5-17(14-18)24(31)33-20-11-9-16(10-12-20)13-21-23(30)28(25(32)34-21)15-22(29)27-19-7-2-1-3-8-19/h1-14H,15H2,(H,27,29)/b21-13-. The molecule has 1 aliphatic rings. The van der Waals surface area contributed by atoms with Gasteiger partial charge in [0, 0.05) is 10.2 Å². The van der Waals surface area contributed by atoms with Crippen LogP contribution in [-0.2, 0) is 9.59 Å². The first kappa shape index (κ1) is 23.5. The number of carbonyl (C=O) groups is 4. The summed E-state index contributed by atoms with van der Waals surface area (Å²) >= 11 is 4.08. The maximum atomic E-state index is 12.7. The van der Waals surface area contributed by atoms with Crippen molar-refractivity contribution in [2.24, 2.45) is 0 Å². The molecule has 0 unspecified atom stereocenters. The molecule has 0 aliphatic carbocycles. The number of hydrogen-bond acceptors (Lipinski definition) is 6. The summed E-state index contributed by atoms with van der Waals surface area (Å²) in [7, 11) is 0. The maximum absolute atomic E-state index is 12.7. The summed E-state index contributed by atoms with van der Waals surface area (Å²) in [5, 5.41) is 2.14. The number of benzene rings is 3. The summed E-state index contributed by atoms with van der Waals surface area (Å²) in [6.07, 6.45) is 1.56. The van der Waals surface area contributed by atoms with Crippen LogP contribution in [0.4, 0.5) is 10.5 Å². The van der Waals surface area contributed by atoms with Gasteiger partial charge in [-0.3, -0.25) is 19.3 Å². The van der Waals surface area contributed by atoms with Crippen molar-refractivity contribution in [2.75, 3.05) is 11.9 Å². The van der Waals surface area contributed by atoms with Crippen LogP contribution in [0.2, 0.25) is 0 Å². The number of anilines is 1. The van der Waals surface area contributed by atoms with E-state index in [1.54, 1.807) is 72.8 Å². The molecule has 9 heteroatoms. The lowest BCUT2D eigenvalue weighted by Crippen LogP contribution is -2.36. The summed E-state index contributed by atoms with van der Waals surface area (Å²) in [6.45, 7) is -0.374. The summed E-state index contributed by atoms with van der Waals surface area (Å²) in [6, 6.07) is 22.2. The highest BCUT2D eigenvalue weighted by molar-refractivity contribution is 9.10. The zero-order valence-electron chi connectivity index (χ0n) is 17.6. The molecule has 0 bridgehead atoms. The summed E-state index contributed by atoms with van der Waals surface area (Å²) in [5.41, 5.74) is 1.63. The largest absolute Gasteiger partial charge is 0.423 e. The number of rotatable bonds is 6. The first-order chi connectivity index (χ1) is 16.4. The quantitative estimate of drug-likeness (QED) is 0.259. The molecule has 7 nitrogen and oxygen atoms in total. The highest BCUT2D eigenvalue weighted by atomic mass is 79.9. The Morgan fingerprint density at radius 1 is 0.971 bits per heavy atom. The number of thioether (sulfide) groups is 1. The SMILES string of the molecule is O=C(CN1C(=O)S/C(=C\c2ccc(OC(=O)c3cccc(Br)c3)cc2)C1=O)Nc1ccccc1. The molecular weight excluding hydrogens is 520 g/mol. The number of hydrogen-bond donors (Lipinski definition) is 1. The van der Waals surface area contributed by atoms with E-state index >= 15 is 0 Å². The number of nitrogens with one attached hydrogen (secondary N) is 1. The molecule has 1 N–H and O–H groups in total. The van der Waals surface area contributed by atoms with E-state index in [0.717, 1.165) is 21.1 Å². The van der Waals surface area contributed by atoms with Gasteiger partial charge in [0.25, 0.3) is 11.1 Å². The Morgan fingerprint density at radius 2 is 1.71 bits per heavy atom. The van der Waals surface area contributed by atoms with Gasteiger partial charge in [0.05, 0.1) is 10.5 Å². The molecule has 0 atom stereocenters. The number of carbonyl (C=O) groups excluding carboxylic acids is 4. The van der Waals surface area contributed by atoms with Crippen LogP contribution in [0.25, 0.3) is 6.08 Å². The van der Waals surface area contributed by atoms with Crippen molar-refractivity contribution in [3.05, 3.63) is 99.4 Å². The Labute approximate surface area is 207 Å². The molecule has 170 valence electrons. The second-order valence-corrected chi connectivity index (χ2v) is 9.06. The van der Waals surface area contributed by atoms with Crippen LogP contribution >= 0.6 is 27.7 Å². The molecule has 1 saturated heterocycles. The second-order valence-electron chi connectivity index (χ2n) is 7.15. The smallest absolute Gasteiger partial charge is 0.343 e. The third-order valence-electron chi connectivity index (χ3n) is 4.68. The number of nitrogens with zero attached hydrogens (tertiary/aromatic N) is 1. The minimum Gasteiger partial charge on any atom is -0.423 e. The maximum Gasteiger partial charge on any atom is 0.343 e. The topological polar surface area (TPSA) is 92.8 Å². The molecule has 0 spiro atoms. The van der Waals surface area contributed by atoms with Gasteiger partial charge < -0.3 is 10.1 Å². The van der Waals surface area contributed by atoms with Crippen molar-refractivity contribution < 1.29 is 23.9 Å². The van der Waals surface area contributed by atoms with Crippen LogP contribution in [0.3, 0.4) is 0 Å². The van der Waals surface area contributed by atoms with Crippen LogP contribution < -0.4 is 10.1 Å². The minimum atomic E-state index is -0.539. The molecule has 1 fully saturated rings. The Bertz CT molecular complexity index is 1290. The summed E-state index contributed by atoms with van der Waals surface area (Å²) in [5.74, 6) is -1.16. The molecule has 1 aliphatic heterocycles. The Morgan fingerprint density at radius 3 is 2.41 bits per heavy atom. The predicted octanol–water partition coefficient (Wildman–Crippen LogP) is 5.34. The first-order valence-electron chi connectivity index (χ1n) is 10.1. The van der Waals surface area contributed by atoms with E-state index < -0.39 is 23.0 Å². The van der Waals surface area contributed by atoms with Gasteiger partial charge in [0.2, 0.25) is 5.91 Å². The van der Waals surface area contributed by atoms with Gasteiger partial charge in [0.15, 0.2) is 0 Å². The first-order valence-corrected chi connectivity index (χ1v) is 11.7. The third kappa shape index (κ3) is 5.81. The van der Waals surface area contributed by atoms with E-state index in [2.05, 4.69) is 21.2 Å².